The quantitative estimate of drug-likeness (QED) is 0.498. The Labute approximate surface area is 168 Å². The summed E-state index contributed by atoms with van der Waals surface area (Å²) in [7, 11) is 0. The second-order valence-corrected chi connectivity index (χ2v) is 7.27. The molecule has 1 aromatic carbocycles. The number of aromatic nitrogens is 3. The molecule has 1 amide bonds. The van der Waals surface area contributed by atoms with Crippen molar-refractivity contribution in [3.05, 3.63) is 59.8 Å². The van der Waals surface area contributed by atoms with Crippen LogP contribution in [0.15, 0.2) is 47.2 Å². The van der Waals surface area contributed by atoms with Gasteiger partial charge in [-0.3, -0.25) is 4.79 Å². The lowest BCUT2D eigenvalue weighted by Gasteiger charge is -2.30. The summed E-state index contributed by atoms with van der Waals surface area (Å²) >= 11 is 0. The number of hydrogen-bond acceptors (Lipinski definition) is 5. The third kappa shape index (κ3) is 4.39. The van der Waals surface area contributed by atoms with Crippen molar-refractivity contribution in [2.45, 2.75) is 38.5 Å². The molecule has 1 aliphatic rings. The van der Waals surface area contributed by atoms with Crippen LogP contribution in [0.4, 0.5) is 0 Å². The van der Waals surface area contributed by atoms with E-state index < -0.39 is 6.10 Å². The van der Waals surface area contributed by atoms with Crippen LogP contribution in [-0.2, 0) is 11.3 Å². The molecule has 148 valence electrons. The van der Waals surface area contributed by atoms with E-state index >= 15 is 0 Å². The fourth-order valence-electron chi connectivity index (χ4n) is 3.39. The summed E-state index contributed by atoms with van der Waals surface area (Å²) in [5, 5.41) is 16.7. The van der Waals surface area contributed by atoms with Crippen LogP contribution in [0.5, 0.6) is 0 Å². The van der Waals surface area contributed by atoms with E-state index in [0.717, 1.165) is 36.1 Å². The summed E-state index contributed by atoms with van der Waals surface area (Å²) in [6.07, 6.45) is 5.41. The molecule has 0 bridgehead atoms. The Morgan fingerprint density at radius 2 is 2.17 bits per heavy atom. The van der Waals surface area contributed by atoms with Crippen LogP contribution in [-0.4, -0.2) is 32.3 Å². The van der Waals surface area contributed by atoms with Gasteiger partial charge in [-0.25, -0.2) is 4.98 Å². The van der Waals surface area contributed by atoms with Gasteiger partial charge >= 0.3 is 0 Å². The second kappa shape index (κ2) is 8.33. The van der Waals surface area contributed by atoms with Gasteiger partial charge < -0.3 is 19.5 Å². The van der Waals surface area contributed by atoms with Crippen molar-refractivity contribution in [1.29, 1.82) is 0 Å². The number of hydrogen-bond donors (Lipinski definition) is 2. The number of carbonyl (C=O) groups excluding carboxylic acids is 1. The summed E-state index contributed by atoms with van der Waals surface area (Å²) < 4.78 is 7.33. The number of benzene rings is 1. The predicted molar refractivity (Wildman–Crippen MR) is 106 cm³/mol. The molecular formula is C22H22N4O3. The molecular weight excluding hydrogens is 368 g/mol. The monoisotopic (exact) mass is 390 g/mol. The lowest BCUT2D eigenvalue weighted by atomic mass is 9.81. The molecule has 2 N–H and O–H groups in total. The first-order valence-corrected chi connectivity index (χ1v) is 9.58. The zero-order valence-corrected chi connectivity index (χ0v) is 16.1. The van der Waals surface area contributed by atoms with Gasteiger partial charge in [0.05, 0.1) is 6.54 Å². The number of carbonyl (C=O) groups is 1. The Morgan fingerprint density at radius 1 is 1.38 bits per heavy atom. The lowest BCUT2D eigenvalue weighted by Crippen LogP contribution is -2.39. The Kier molecular flexibility index (Phi) is 5.45. The van der Waals surface area contributed by atoms with Gasteiger partial charge in [0.2, 0.25) is 6.41 Å². The first-order valence-electron chi connectivity index (χ1n) is 9.58. The third-order valence-corrected chi connectivity index (χ3v) is 5.04. The van der Waals surface area contributed by atoms with E-state index in [9.17, 15) is 9.90 Å². The van der Waals surface area contributed by atoms with Crippen LogP contribution < -0.4 is 5.32 Å². The molecule has 3 aromatic rings. The van der Waals surface area contributed by atoms with Crippen molar-refractivity contribution in [2.24, 2.45) is 5.92 Å². The van der Waals surface area contributed by atoms with Crippen LogP contribution >= 0.6 is 0 Å². The number of rotatable bonds is 6. The molecule has 1 saturated carbocycles. The maximum Gasteiger partial charge on any atom is 0.207 e. The largest absolute Gasteiger partial charge is 0.385 e. The van der Waals surface area contributed by atoms with Crippen molar-refractivity contribution < 1.29 is 14.4 Å². The molecule has 0 radical (unpaired) electrons. The van der Waals surface area contributed by atoms with Crippen LogP contribution in [0, 0.1) is 17.8 Å². The standard InChI is InChI=1S/C22H22N4O3/c1-15(28)22-23-8-9-26(22)13-20-12-21(29-25-20)18-6-4-16(5-7-18)2-3-17-10-19(11-17)24-14-27/h4-9,12,14-15,17,19,28H,10-11,13H2,1H3,(H,24,27)/t15-,17?,19?/m0/s1. The maximum atomic E-state index is 10.4. The summed E-state index contributed by atoms with van der Waals surface area (Å²) in [4.78, 5) is 14.6. The highest BCUT2D eigenvalue weighted by Crippen LogP contribution is 2.26. The van der Waals surface area contributed by atoms with E-state index in [0.29, 0.717) is 24.0 Å². The molecule has 7 nitrogen and oxygen atoms in total. The Morgan fingerprint density at radius 3 is 2.90 bits per heavy atom. The SMILES string of the molecule is C[C@H](O)c1nccn1Cc1cc(-c2ccc(C#CC3CC(NC=O)C3)cc2)on1. The van der Waals surface area contributed by atoms with Gasteiger partial charge in [0.25, 0.3) is 0 Å². The van der Waals surface area contributed by atoms with Gasteiger partial charge in [-0.05, 0) is 44.0 Å². The van der Waals surface area contributed by atoms with Crippen molar-refractivity contribution in [3.63, 3.8) is 0 Å². The van der Waals surface area contributed by atoms with Crippen LogP contribution in [0.25, 0.3) is 11.3 Å². The second-order valence-electron chi connectivity index (χ2n) is 7.27. The number of nitrogens with zero attached hydrogens (tertiary/aromatic N) is 3. The fourth-order valence-corrected chi connectivity index (χ4v) is 3.39. The van der Waals surface area contributed by atoms with E-state index in [-0.39, 0.29) is 6.04 Å². The van der Waals surface area contributed by atoms with Gasteiger partial charge in [0, 0.05) is 41.5 Å². The molecule has 1 fully saturated rings. The highest BCUT2D eigenvalue weighted by molar-refractivity contribution is 5.59. The highest BCUT2D eigenvalue weighted by Gasteiger charge is 2.26. The average Bonchev–Trinajstić information content (AvgIpc) is 3.34. The molecule has 0 spiro atoms. The van der Waals surface area contributed by atoms with Gasteiger partial charge in [0.15, 0.2) is 5.76 Å². The Balaban J connectivity index is 1.39. The molecule has 0 unspecified atom stereocenters. The first kappa shape index (κ1) is 19.0. The number of amides is 1. The molecule has 0 aliphatic heterocycles. The summed E-state index contributed by atoms with van der Waals surface area (Å²) in [5.74, 6) is 8.07. The number of aliphatic hydroxyl groups is 1. The number of aliphatic hydroxyl groups excluding tert-OH is 1. The average molecular weight is 390 g/mol. The van der Waals surface area contributed by atoms with Crippen molar-refractivity contribution in [1.82, 2.24) is 20.0 Å². The van der Waals surface area contributed by atoms with E-state index in [2.05, 4.69) is 27.3 Å². The van der Waals surface area contributed by atoms with Crippen LogP contribution in [0.1, 0.15) is 43.0 Å². The molecule has 29 heavy (non-hydrogen) atoms. The van der Waals surface area contributed by atoms with Crippen molar-refractivity contribution in [3.8, 4) is 23.2 Å². The lowest BCUT2D eigenvalue weighted by molar-refractivity contribution is -0.110. The normalized spacial score (nSPS) is 19.0. The predicted octanol–water partition coefficient (Wildman–Crippen LogP) is 2.52. The minimum Gasteiger partial charge on any atom is -0.385 e. The van der Waals surface area contributed by atoms with Gasteiger partial charge in [-0.1, -0.05) is 17.0 Å². The molecule has 1 atom stereocenters. The fraction of sp³-hybridized carbons (Fsp3) is 0.318. The highest BCUT2D eigenvalue weighted by atomic mass is 16.5. The zero-order valence-electron chi connectivity index (χ0n) is 16.1. The number of imidazole rings is 1. The van der Waals surface area contributed by atoms with Crippen molar-refractivity contribution >= 4 is 6.41 Å². The van der Waals surface area contributed by atoms with Gasteiger partial charge in [-0.15, -0.1) is 0 Å². The van der Waals surface area contributed by atoms with Crippen molar-refractivity contribution in [2.75, 3.05) is 0 Å². The van der Waals surface area contributed by atoms with Crippen LogP contribution in [0.2, 0.25) is 0 Å². The molecule has 4 rings (SSSR count). The molecule has 2 aromatic heterocycles. The first-order chi connectivity index (χ1) is 14.1. The van der Waals surface area contributed by atoms with Crippen LogP contribution in [0.3, 0.4) is 0 Å². The Bertz CT molecular complexity index is 1030. The maximum absolute atomic E-state index is 10.4. The number of nitrogens with one attached hydrogen (secondary N) is 1. The van der Waals surface area contributed by atoms with E-state index in [4.69, 9.17) is 4.52 Å². The minimum absolute atomic E-state index is 0.272. The minimum atomic E-state index is -0.642. The molecule has 0 saturated heterocycles. The molecule has 7 heteroatoms. The third-order valence-electron chi connectivity index (χ3n) is 5.04. The van der Waals surface area contributed by atoms with E-state index in [1.54, 1.807) is 13.1 Å². The zero-order chi connectivity index (χ0) is 20.2. The van der Waals surface area contributed by atoms with E-state index in [1.807, 2.05) is 41.1 Å². The van der Waals surface area contributed by atoms with Gasteiger partial charge in [-0.2, -0.15) is 0 Å². The molecule has 2 heterocycles. The van der Waals surface area contributed by atoms with Gasteiger partial charge in [0.1, 0.15) is 17.6 Å². The molecule has 1 aliphatic carbocycles. The van der Waals surface area contributed by atoms with E-state index in [1.165, 1.54) is 0 Å². The summed E-state index contributed by atoms with van der Waals surface area (Å²) in [5.41, 5.74) is 2.63. The summed E-state index contributed by atoms with van der Waals surface area (Å²) in [6, 6.07) is 10.0. The topological polar surface area (TPSA) is 93.2 Å². The summed E-state index contributed by atoms with van der Waals surface area (Å²) in [6.45, 7) is 2.16. The smallest absolute Gasteiger partial charge is 0.207 e. The Hall–Kier alpha value is -3.37.